The number of para-hydroxylation sites is 1. The van der Waals surface area contributed by atoms with Gasteiger partial charge in [0.1, 0.15) is 11.5 Å². The van der Waals surface area contributed by atoms with E-state index in [0.717, 1.165) is 11.3 Å². The molecule has 2 amide bonds. The molecule has 0 aliphatic carbocycles. The van der Waals surface area contributed by atoms with Crippen molar-refractivity contribution in [3.05, 3.63) is 95.6 Å². The van der Waals surface area contributed by atoms with Crippen molar-refractivity contribution in [2.75, 3.05) is 24.7 Å². The first-order valence-electron chi connectivity index (χ1n) is 10.4. The quantitative estimate of drug-likeness (QED) is 0.478. The zero-order valence-electron chi connectivity index (χ0n) is 18.3. The SMILES string of the molecule is COc1ccc(CCNC(=O)c2ccc(CS(=O)(=O)CC(=O)Nc3ccccc3)cc2)cc1. The highest BCUT2D eigenvalue weighted by Gasteiger charge is 2.18. The van der Waals surface area contributed by atoms with E-state index in [9.17, 15) is 18.0 Å². The van der Waals surface area contributed by atoms with Crippen molar-refractivity contribution in [1.29, 1.82) is 0 Å². The second-order valence-corrected chi connectivity index (χ2v) is 9.56. The number of carbonyl (C=O) groups excluding carboxylic acids is 2. The molecule has 3 aromatic carbocycles. The van der Waals surface area contributed by atoms with E-state index in [0.29, 0.717) is 29.8 Å². The van der Waals surface area contributed by atoms with Crippen molar-refractivity contribution in [1.82, 2.24) is 5.32 Å². The molecule has 3 rings (SSSR count). The number of sulfone groups is 1. The number of benzene rings is 3. The Morgan fingerprint density at radius 1 is 0.848 bits per heavy atom. The number of methoxy groups -OCH3 is 1. The predicted molar refractivity (Wildman–Crippen MR) is 128 cm³/mol. The van der Waals surface area contributed by atoms with E-state index in [4.69, 9.17) is 4.74 Å². The molecule has 0 unspecified atom stereocenters. The molecule has 3 aromatic rings. The van der Waals surface area contributed by atoms with Crippen LogP contribution >= 0.6 is 0 Å². The van der Waals surface area contributed by atoms with Gasteiger partial charge in [0.25, 0.3) is 5.91 Å². The van der Waals surface area contributed by atoms with Crippen molar-refractivity contribution < 1.29 is 22.7 Å². The average molecular weight is 467 g/mol. The summed E-state index contributed by atoms with van der Waals surface area (Å²) in [6, 6.07) is 22.6. The van der Waals surface area contributed by atoms with Gasteiger partial charge in [-0.15, -0.1) is 0 Å². The lowest BCUT2D eigenvalue weighted by molar-refractivity contribution is -0.113. The number of hydrogen-bond acceptors (Lipinski definition) is 5. The number of nitrogens with one attached hydrogen (secondary N) is 2. The van der Waals surface area contributed by atoms with Gasteiger partial charge in [0, 0.05) is 17.8 Å². The molecular formula is C25H26N2O5S. The third-order valence-corrected chi connectivity index (χ3v) is 6.34. The lowest BCUT2D eigenvalue weighted by atomic mass is 10.1. The standard InChI is InChI=1S/C25H26N2O5S/c1-32-23-13-9-19(10-14-23)15-16-26-25(29)21-11-7-20(8-12-21)17-33(30,31)18-24(28)27-22-5-3-2-4-6-22/h2-14H,15-18H2,1H3,(H,26,29)(H,27,28). The minimum atomic E-state index is -3.66. The van der Waals surface area contributed by atoms with E-state index in [1.807, 2.05) is 24.3 Å². The Bertz CT molecular complexity index is 1180. The highest BCUT2D eigenvalue weighted by molar-refractivity contribution is 7.91. The van der Waals surface area contributed by atoms with E-state index < -0.39 is 21.5 Å². The highest BCUT2D eigenvalue weighted by atomic mass is 32.2. The molecule has 0 radical (unpaired) electrons. The van der Waals surface area contributed by atoms with E-state index in [-0.39, 0.29) is 11.7 Å². The van der Waals surface area contributed by atoms with Gasteiger partial charge in [0.05, 0.1) is 12.9 Å². The maximum Gasteiger partial charge on any atom is 0.251 e. The summed E-state index contributed by atoms with van der Waals surface area (Å²) in [5.41, 5.74) is 2.57. The Hall–Kier alpha value is -3.65. The minimum absolute atomic E-state index is 0.236. The Morgan fingerprint density at radius 2 is 1.48 bits per heavy atom. The van der Waals surface area contributed by atoms with E-state index >= 15 is 0 Å². The lowest BCUT2D eigenvalue weighted by Crippen LogP contribution is -2.25. The first-order chi connectivity index (χ1) is 15.8. The fourth-order valence-electron chi connectivity index (χ4n) is 3.19. The van der Waals surface area contributed by atoms with Gasteiger partial charge >= 0.3 is 0 Å². The number of amides is 2. The third-order valence-electron chi connectivity index (χ3n) is 4.87. The molecule has 172 valence electrons. The molecule has 2 N–H and O–H groups in total. The summed E-state index contributed by atoms with van der Waals surface area (Å²) < 4.78 is 29.9. The van der Waals surface area contributed by atoms with Gasteiger partial charge in [-0.05, 0) is 53.9 Å². The number of carbonyl (C=O) groups is 2. The summed E-state index contributed by atoms with van der Waals surface area (Å²) in [5, 5.41) is 5.42. The van der Waals surface area contributed by atoms with Crippen LogP contribution in [-0.4, -0.2) is 39.6 Å². The van der Waals surface area contributed by atoms with Gasteiger partial charge in [-0.1, -0.05) is 42.5 Å². The molecule has 0 fully saturated rings. The first kappa shape index (κ1) is 24.0. The average Bonchev–Trinajstić information content (AvgIpc) is 2.80. The van der Waals surface area contributed by atoms with Crippen molar-refractivity contribution in [3.63, 3.8) is 0 Å². The number of ether oxygens (including phenoxy) is 1. The molecule has 0 saturated heterocycles. The van der Waals surface area contributed by atoms with Gasteiger partial charge < -0.3 is 15.4 Å². The normalized spacial score (nSPS) is 10.9. The molecule has 0 atom stereocenters. The molecule has 0 saturated carbocycles. The zero-order valence-corrected chi connectivity index (χ0v) is 19.1. The highest BCUT2D eigenvalue weighted by Crippen LogP contribution is 2.12. The Morgan fingerprint density at radius 3 is 2.12 bits per heavy atom. The van der Waals surface area contributed by atoms with E-state index in [2.05, 4.69) is 10.6 Å². The van der Waals surface area contributed by atoms with Crippen LogP contribution in [0.4, 0.5) is 5.69 Å². The molecule has 0 spiro atoms. The van der Waals surface area contributed by atoms with Crippen molar-refractivity contribution in [3.8, 4) is 5.75 Å². The van der Waals surface area contributed by atoms with Crippen molar-refractivity contribution in [2.24, 2.45) is 0 Å². The summed E-state index contributed by atoms with van der Waals surface area (Å²) in [6.45, 7) is 0.470. The van der Waals surface area contributed by atoms with Gasteiger partial charge in [-0.2, -0.15) is 0 Å². The maximum absolute atomic E-state index is 12.4. The summed E-state index contributed by atoms with van der Waals surface area (Å²) in [6.07, 6.45) is 0.678. The van der Waals surface area contributed by atoms with Crippen LogP contribution < -0.4 is 15.4 Å². The molecule has 0 heterocycles. The summed E-state index contributed by atoms with van der Waals surface area (Å²) in [4.78, 5) is 24.4. The van der Waals surface area contributed by atoms with Crippen LogP contribution in [0.1, 0.15) is 21.5 Å². The van der Waals surface area contributed by atoms with Crippen molar-refractivity contribution in [2.45, 2.75) is 12.2 Å². The lowest BCUT2D eigenvalue weighted by Gasteiger charge is -2.08. The topological polar surface area (TPSA) is 102 Å². The monoisotopic (exact) mass is 466 g/mol. The fraction of sp³-hybridized carbons (Fsp3) is 0.200. The molecule has 0 aliphatic heterocycles. The fourth-order valence-corrected chi connectivity index (χ4v) is 4.46. The van der Waals surface area contributed by atoms with Crippen LogP contribution in [0.15, 0.2) is 78.9 Å². The number of rotatable bonds is 10. The molecule has 33 heavy (non-hydrogen) atoms. The van der Waals surface area contributed by atoms with Gasteiger partial charge in [-0.3, -0.25) is 9.59 Å². The second kappa shape index (κ2) is 11.3. The van der Waals surface area contributed by atoms with Gasteiger partial charge in [-0.25, -0.2) is 8.42 Å². The van der Waals surface area contributed by atoms with Crippen molar-refractivity contribution >= 4 is 27.3 Å². The van der Waals surface area contributed by atoms with E-state index in [1.54, 1.807) is 61.7 Å². The molecule has 8 heteroatoms. The molecule has 0 bridgehead atoms. The largest absolute Gasteiger partial charge is 0.497 e. The van der Waals surface area contributed by atoms with E-state index in [1.165, 1.54) is 0 Å². The summed E-state index contributed by atoms with van der Waals surface area (Å²) in [7, 11) is -2.05. The zero-order chi connectivity index (χ0) is 23.7. The van der Waals surface area contributed by atoms with Crippen LogP contribution in [-0.2, 0) is 26.8 Å². The first-order valence-corrected chi connectivity index (χ1v) is 12.2. The molecule has 0 aromatic heterocycles. The summed E-state index contributed by atoms with van der Waals surface area (Å²) in [5.74, 6) is -0.944. The molecule has 7 nitrogen and oxygen atoms in total. The second-order valence-electron chi connectivity index (χ2n) is 7.50. The van der Waals surface area contributed by atoms with Crippen LogP contribution in [0.2, 0.25) is 0 Å². The third kappa shape index (κ3) is 7.76. The van der Waals surface area contributed by atoms with Crippen LogP contribution in [0.25, 0.3) is 0 Å². The smallest absolute Gasteiger partial charge is 0.251 e. The number of hydrogen-bond donors (Lipinski definition) is 2. The van der Waals surface area contributed by atoms with Gasteiger partial charge in [0.15, 0.2) is 9.84 Å². The van der Waals surface area contributed by atoms with Crippen LogP contribution in [0.3, 0.4) is 0 Å². The van der Waals surface area contributed by atoms with Crippen LogP contribution in [0.5, 0.6) is 5.75 Å². The Balaban J connectivity index is 1.48. The Labute approximate surface area is 193 Å². The molecule has 0 aliphatic rings. The molecular weight excluding hydrogens is 440 g/mol. The predicted octanol–water partition coefficient (Wildman–Crippen LogP) is 3.22. The van der Waals surface area contributed by atoms with Crippen LogP contribution in [0, 0.1) is 0 Å². The minimum Gasteiger partial charge on any atom is -0.497 e. The maximum atomic E-state index is 12.4. The Kier molecular flexibility index (Phi) is 8.21. The number of anilines is 1. The summed E-state index contributed by atoms with van der Waals surface area (Å²) >= 11 is 0. The van der Waals surface area contributed by atoms with Gasteiger partial charge in [0.2, 0.25) is 5.91 Å².